The third-order valence-electron chi connectivity index (χ3n) is 3.33. The lowest BCUT2D eigenvalue weighted by Crippen LogP contribution is -2.30. The van der Waals surface area contributed by atoms with Gasteiger partial charge in [0.15, 0.2) is 6.61 Å². The molecule has 0 saturated carbocycles. The van der Waals surface area contributed by atoms with Crippen LogP contribution in [0.25, 0.3) is 10.9 Å². The Kier molecular flexibility index (Phi) is 4.98. The van der Waals surface area contributed by atoms with E-state index in [0.29, 0.717) is 12.3 Å². The summed E-state index contributed by atoms with van der Waals surface area (Å²) < 4.78 is 7.08. The molecule has 112 valence electrons. The highest BCUT2D eigenvalue weighted by atomic mass is 16.5. The quantitative estimate of drug-likeness (QED) is 0.825. The molecule has 0 aliphatic heterocycles. The van der Waals surface area contributed by atoms with E-state index in [2.05, 4.69) is 12.2 Å². The van der Waals surface area contributed by atoms with Crippen LogP contribution < -0.4 is 15.6 Å². The third-order valence-corrected chi connectivity index (χ3v) is 3.33. The molecule has 0 atom stereocenters. The molecule has 5 nitrogen and oxygen atoms in total. The molecule has 0 aliphatic carbocycles. The van der Waals surface area contributed by atoms with Crippen molar-refractivity contribution in [2.45, 2.75) is 19.8 Å². The molecule has 0 unspecified atom stereocenters. The van der Waals surface area contributed by atoms with Crippen molar-refractivity contribution in [3.63, 3.8) is 0 Å². The molecule has 0 saturated heterocycles. The first-order valence-corrected chi connectivity index (χ1v) is 7.11. The number of ether oxygens (including phenoxy) is 1. The number of nitrogens with one attached hydrogen (secondary N) is 1. The van der Waals surface area contributed by atoms with Crippen molar-refractivity contribution < 1.29 is 9.53 Å². The lowest BCUT2D eigenvalue weighted by Gasteiger charge is -2.11. The molecule has 1 heterocycles. The fourth-order valence-electron chi connectivity index (χ4n) is 2.10. The number of hydrogen-bond donors (Lipinski definition) is 1. The van der Waals surface area contributed by atoms with Gasteiger partial charge in [0.1, 0.15) is 5.75 Å². The zero-order valence-corrected chi connectivity index (χ0v) is 12.4. The summed E-state index contributed by atoms with van der Waals surface area (Å²) in [6, 6.07) is 8.88. The van der Waals surface area contributed by atoms with E-state index in [0.717, 1.165) is 23.7 Å². The standard InChI is InChI=1S/C16H20N2O3/c1-3-4-9-17-15(19)11-21-14-10-16(20)18(2)13-8-6-5-7-12(13)14/h5-8,10H,3-4,9,11H2,1-2H3,(H,17,19). The Balaban J connectivity index is 2.14. The summed E-state index contributed by atoms with van der Waals surface area (Å²) in [5, 5.41) is 3.60. The zero-order valence-electron chi connectivity index (χ0n) is 12.4. The summed E-state index contributed by atoms with van der Waals surface area (Å²) in [4.78, 5) is 23.6. The highest BCUT2D eigenvalue weighted by Gasteiger charge is 2.09. The van der Waals surface area contributed by atoms with Gasteiger partial charge in [-0.25, -0.2) is 0 Å². The molecule has 0 radical (unpaired) electrons. The first-order chi connectivity index (χ1) is 10.1. The Labute approximate surface area is 123 Å². The van der Waals surface area contributed by atoms with Gasteiger partial charge in [-0.05, 0) is 18.6 Å². The van der Waals surface area contributed by atoms with Gasteiger partial charge in [0, 0.05) is 25.0 Å². The lowest BCUT2D eigenvalue weighted by atomic mass is 10.2. The lowest BCUT2D eigenvalue weighted by molar-refractivity contribution is -0.123. The molecule has 0 spiro atoms. The fraction of sp³-hybridized carbons (Fsp3) is 0.375. The van der Waals surface area contributed by atoms with Crippen LogP contribution in [0.1, 0.15) is 19.8 Å². The number of hydrogen-bond acceptors (Lipinski definition) is 3. The molecule has 1 N–H and O–H groups in total. The van der Waals surface area contributed by atoms with Crippen LogP contribution in [-0.2, 0) is 11.8 Å². The van der Waals surface area contributed by atoms with Gasteiger partial charge in [-0.3, -0.25) is 9.59 Å². The first kappa shape index (κ1) is 15.1. The van der Waals surface area contributed by atoms with Crippen LogP contribution in [0.3, 0.4) is 0 Å². The van der Waals surface area contributed by atoms with Crippen molar-refractivity contribution in [3.8, 4) is 5.75 Å². The number of benzene rings is 1. The molecule has 2 aromatic rings. The van der Waals surface area contributed by atoms with Gasteiger partial charge >= 0.3 is 0 Å². The van der Waals surface area contributed by atoms with Crippen LogP contribution in [0.15, 0.2) is 35.1 Å². The Bertz CT molecular complexity index is 691. The molecule has 1 aromatic heterocycles. The minimum Gasteiger partial charge on any atom is -0.483 e. The highest BCUT2D eigenvalue weighted by molar-refractivity contribution is 5.86. The van der Waals surface area contributed by atoms with E-state index in [-0.39, 0.29) is 18.1 Å². The van der Waals surface area contributed by atoms with Crippen molar-refractivity contribution >= 4 is 16.8 Å². The Morgan fingerprint density at radius 1 is 1.33 bits per heavy atom. The van der Waals surface area contributed by atoms with Gasteiger partial charge in [-0.2, -0.15) is 0 Å². The van der Waals surface area contributed by atoms with Gasteiger partial charge in [0.25, 0.3) is 11.5 Å². The Hall–Kier alpha value is -2.30. The third kappa shape index (κ3) is 3.62. The summed E-state index contributed by atoms with van der Waals surface area (Å²) in [6.45, 7) is 2.63. The molecule has 1 amide bonds. The van der Waals surface area contributed by atoms with Gasteiger partial charge in [0.2, 0.25) is 0 Å². The van der Waals surface area contributed by atoms with Gasteiger partial charge in [-0.15, -0.1) is 0 Å². The second-order valence-electron chi connectivity index (χ2n) is 4.92. The predicted octanol–water partition coefficient (Wildman–Crippen LogP) is 1.83. The number of amides is 1. The van der Waals surface area contributed by atoms with Crippen LogP contribution >= 0.6 is 0 Å². The van der Waals surface area contributed by atoms with Crippen molar-refractivity contribution in [1.82, 2.24) is 9.88 Å². The Morgan fingerprint density at radius 2 is 2.10 bits per heavy atom. The minimum atomic E-state index is -0.173. The summed E-state index contributed by atoms with van der Waals surface area (Å²) in [5.74, 6) is 0.271. The van der Waals surface area contributed by atoms with E-state index < -0.39 is 0 Å². The normalized spacial score (nSPS) is 10.6. The Morgan fingerprint density at radius 3 is 2.86 bits per heavy atom. The van der Waals surface area contributed by atoms with Gasteiger partial charge < -0.3 is 14.6 Å². The molecule has 2 rings (SSSR count). The van der Waals surface area contributed by atoms with Crippen molar-refractivity contribution in [2.75, 3.05) is 13.2 Å². The molecule has 5 heteroatoms. The maximum absolute atomic E-state index is 11.9. The first-order valence-electron chi connectivity index (χ1n) is 7.11. The molecule has 0 bridgehead atoms. The van der Waals surface area contributed by atoms with Gasteiger partial charge in [0.05, 0.1) is 5.52 Å². The van der Waals surface area contributed by atoms with Crippen molar-refractivity contribution in [2.24, 2.45) is 7.05 Å². The minimum absolute atomic E-state index is 0.0825. The largest absolute Gasteiger partial charge is 0.483 e. The number of nitrogens with zero attached hydrogens (tertiary/aromatic N) is 1. The second kappa shape index (κ2) is 6.92. The average Bonchev–Trinajstić information content (AvgIpc) is 2.50. The number of fused-ring (bicyclic) bond motifs is 1. The van der Waals surface area contributed by atoms with E-state index in [4.69, 9.17) is 4.74 Å². The van der Waals surface area contributed by atoms with Crippen LogP contribution in [0.4, 0.5) is 0 Å². The second-order valence-corrected chi connectivity index (χ2v) is 4.92. The van der Waals surface area contributed by atoms with E-state index in [1.165, 1.54) is 6.07 Å². The smallest absolute Gasteiger partial charge is 0.257 e. The number of carbonyl (C=O) groups excluding carboxylic acids is 1. The molecule has 21 heavy (non-hydrogen) atoms. The van der Waals surface area contributed by atoms with Crippen LogP contribution in [0, 0.1) is 0 Å². The van der Waals surface area contributed by atoms with Crippen molar-refractivity contribution in [1.29, 1.82) is 0 Å². The van der Waals surface area contributed by atoms with Crippen molar-refractivity contribution in [3.05, 3.63) is 40.7 Å². The number of aryl methyl sites for hydroxylation is 1. The number of pyridine rings is 1. The van der Waals surface area contributed by atoms with Crippen LogP contribution in [0.2, 0.25) is 0 Å². The van der Waals surface area contributed by atoms with Crippen LogP contribution in [-0.4, -0.2) is 23.6 Å². The number of rotatable bonds is 6. The maximum Gasteiger partial charge on any atom is 0.257 e. The maximum atomic E-state index is 11.9. The van der Waals surface area contributed by atoms with E-state index in [1.54, 1.807) is 11.6 Å². The topological polar surface area (TPSA) is 60.3 Å². The predicted molar refractivity (Wildman–Crippen MR) is 82.6 cm³/mol. The number of aromatic nitrogens is 1. The summed E-state index contributed by atoms with van der Waals surface area (Å²) in [6.07, 6.45) is 1.97. The van der Waals surface area contributed by atoms with Crippen LogP contribution in [0.5, 0.6) is 5.75 Å². The van der Waals surface area contributed by atoms with E-state index >= 15 is 0 Å². The number of unbranched alkanes of at least 4 members (excludes halogenated alkanes) is 1. The molecular formula is C16H20N2O3. The van der Waals surface area contributed by atoms with E-state index in [9.17, 15) is 9.59 Å². The summed E-state index contributed by atoms with van der Waals surface area (Å²) >= 11 is 0. The average molecular weight is 288 g/mol. The van der Waals surface area contributed by atoms with E-state index in [1.807, 2.05) is 24.3 Å². The number of carbonyl (C=O) groups is 1. The molecule has 0 aliphatic rings. The zero-order chi connectivity index (χ0) is 15.2. The SMILES string of the molecule is CCCCNC(=O)COc1cc(=O)n(C)c2ccccc12. The molecule has 0 fully saturated rings. The monoisotopic (exact) mass is 288 g/mol. The number of para-hydroxylation sites is 1. The highest BCUT2D eigenvalue weighted by Crippen LogP contribution is 2.22. The molecular weight excluding hydrogens is 268 g/mol. The summed E-state index contributed by atoms with van der Waals surface area (Å²) in [7, 11) is 1.71. The fourth-order valence-corrected chi connectivity index (χ4v) is 2.10. The summed E-state index contributed by atoms with van der Waals surface area (Å²) in [5.41, 5.74) is 0.626. The molecule has 1 aromatic carbocycles. The van der Waals surface area contributed by atoms with Gasteiger partial charge in [-0.1, -0.05) is 25.5 Å².